The van der Waals surface area contributed by atoms with Gasteiger partial charge in [0.1, 0.15) is 5.75 Å². The highest BCUT2D eigenvalue weighted by Gasteiger charge is 2.11. The maximum Gasteiger partial charge on any atom is 0.339 e. The summed E-state index contributed by atoms with van der Waals surface area (Å²) in [4.78, 5) is 15.7. The minimum atomic E-state index is -0.397. The van der Waals surface area contributed by atoms with Crippen LogP contribution in [0.2, 0.25) is 0 Å². The quantitative estimate of drug-likeness (QED) is 0.613. The summed E-state index contributed by atoms with van der Waals surface area (Å²) in [5.41, 5.74) is 1.02. The molecule has 0 aliphatic carbocycles. The van der Waals surface area contributed by atoms with Crippen LogP contribution in [0.15, 0.2) is 36.4 Å². The summed E-state index contributed by atoms with van der Waals surface area (Å²) in [6.07, 6.45) is 0. The van der Waals surface area contributed by atoms with Gasteiger partial charge in [-0.25, -0.2) is 9.78 Å². The molecule has 98 valence electrons. The van der Waals surface area contributed by atoms with Crippen LogP contribution in [0.1, 0.15) is 16.1 Å². The number of methoxy groups -OCH3 is 1. The first-order chi connectivity index (χ1) is 9.10. The summed E-state index contributed by atoms with van der Waals surface area (Å²) in [5.74, 6) is 0.766. The molecular weight excluding hydrogens is 357 g/mol. The molecule has 0 bridgehead atoms. The molecule has 0 radical (unpaired) electrons. The summed E-state index contributed by atoms with van der Waals surface area (Å²) in [6.45, 7) is 1.74. The molecule has 19 heavy (non-hydrogen) atoms. The van der Waals surface area contributed by atoms with E-state index in [-0.39, 0.29) is 0 Å². The molecule has 1 aromatic heterocycles. The van der Waals surface area contributed by atoms with E-state index in [1.807, 2.05) is 24.3 Å². The van der Waals surface area contributed by atoms with Gasteiger partial charge >= 0.3 is 5.97 Å². The summed E-state index contributed by atoms with van der Waals surface area (Å²) in [6, 6.07) is 11.0. The van der Waals surface area contributed by atoms with Crippen molar-refractivity contribution >= 4 is 28.6 Å². The molecule has 0 aliphatic rings. The highest BCUT2D eigenvalue weighted by atomic mass is 127. The van der Waals surface area contributed by atoms with Crippen molar-refractivity contribution in [1.82, 2.24) is 4.98 Å². The molecule has 1 aromatic carbocycles. The average Bonchev–Trinajstić information content (AvgIpc) is 2.38. The van der Waals surface area contributed by atoms with Crippen molar-refractivity contribution in [3.05, 3.63) is 51.2 Å². The van der Waals surface area contributed by atoms with Crippen molar-refractivity contribution in [2.45, 2.75) is 6.92 Å². The Balaban J connectivity index is 2.23. The minimum Gasteiger partial charge on any atom is -0.465 e. The Kier molecular flexibility index (Phi) is 4.36. The van der Waals surface area contributed by atoms with E-state index in [4.69, 9.17) is 4.74 Å². The first kappa shape index (κ1) is 13.8. The standard InChI is InChI=1S/C14H12INO3/c1-9-12(14(17)18-2)6-7-13(16-9)19-11-5-3-4-10(15)8-11/h3-8H,1-2H3. The second kappa shape index (κ2) is 6.01. The van der Waals surface area contributed by atoms with Crippen molar-refractivity contribution in [2.24, 2.45) is 0 Å². The van der Waals surface area contributed by atoms with Gasteiger partial charge in [-0.1, -0.05) is 6.07 Å². The Morgan fingerprint density at radius 2 is 2.05 bits per heavy atom. The Hall–Kier alpha value is -1.63. The van der Waals surface area contributed by atoms with Gasteiger partial charge in [0.15, 0.2) is 0 Å². The molecule has 0 N–H and O–H groups in total. The third kappa shape index (κ3) is 3.44. The molecule has 0 saturated carbocycles. The molecule has 2 aromatic rings. The Morgan fingerprint density at radius 3 is 2.68 bits per heavy atom. The number of esters is 1. The van der Waals surface area contributed by atoms with E-state index in [1.54, 1.807) is 19.1 Å². The van der Waals surface area contributed by atoms with Crippen LogP contribution in [0.4, 0.5) is 0 Å². The van der Waals surface area contributed by atoms with Crippen LogP contribution < -0.4 is 4.74 Å². The first-order valence-corrected chi connectivity index (χ1v) is 6.67. The van der Waals surface area contributed by atoms with E-state index in [0.29, 0.717) is 22.9 Å². The summed E-state index contributed by atoms with van der Waals surface area (Å²) < 4.78 is 11.4. The fraction of sp³-hybridized carbons (Fsp3) is 0.143. The van der Waals surface area contributed by atoms with Crippen molar-refractivity contribution < 1.29 is 14.3 Å². The molecule has 0 spiro atoms. The predicted octanol–water partition coefficient (Wildman–Crippen LogP) is 3.57. The molecule has 2 rings (SSSR count). The van der Waals surface area contributed by atoms with Gasteiger partial charge in [-0.05, 0) is 53.8 Å². The molecule has 0 atom stereocenters. The third-order valence-electron chi connectivity index (χ3n) is 2.48. The number of pyridine rings is 1. The van der Waals surface area contributed by atoms with Gasteiger partial charge in [-0.2, -0.15) is 0 Å². The summed E-state index contributed by atoms with van der Waals surface area (Å²) in [7, 11) is 1.35. The van der Waals surface area contributed by atoms with Gasteiger partial charge in [0.2, 0.25) is 5.88 Å². The van der Waals surface area contributed by atoms with Crippen molar-refractivity contribution in [2.75, 3.05) is 7.11 Å². The fourth-order valence-electron chi connectivity index (χ4n) is 1.57. The number of hydrogen-bond donors (Lipinski definition) is 0. The number of ether oxygens (including phenoxy) is 2. The molecule has 4 nitrogen and oxygen atoms in total. The molecule has 0 fully saturated rings. The topological polar surface area (TPSA) is 48.4 Å². The van der Waals surface area contributed by atoms with Gasteiger partial charge in [0, 0.05) is 9.64 Å². The molecule has 1 heterocycles. The van der Waals surface area contributed by atoms with E-state index in [2.05, 4.69) is 32.3 Å². The smallest absolute Gasteiger partial charge is 0.339 e. The second-order valence-electron chi connectivity index (χ2n) is 3.83. The number of carbonyl (C=O) groups is 1. The van der Waals surface area contributed by atoms with Crippen LogP contribution in [0.5, 0.6) is 11.6 Å². The van der Waals surface area contributed by atoms with Crippen molar-refractivity contribution in [3.8, 4) is 11.6 Å². The van der Waals surface area contributed by atoms with Gasteiger partial charge < -0.3 is 9.47 Å². The number of benzene rings is 1. The number of halogens is 1. The van der Waals surface area contributed by atoms with Crippen molar-refractivity contribution in [1.29, 1.82) is 0 Å². The Labute approximate surface area is 124 Å². The predicted molar refractivity (Wildman–Crippen MR) is 79.5 cm³/mol. The maximum atomic E-state index is 11.4. The van der Waals surface area contributed by atoms with Crippen molar-refractivity contribution in [3.63, 3.8) is 0 Å². The van der Waals surface area contributed by atoms with Gasteiger partial charge in [0.05, 0.1) is 18.4 Å². The monoisotopic (exact) mass is 369 g/mol. The van der Waals surface area contributed by atoms with Crippen LogP contribution >= 0.6 is 22.6 Å². The van der Waals surface area contributed by atoms with E-state index in [1.165, 1.54) is 7.11 Å². The molecular formula is C14H12INO3. The molecule has 0 amide bonds. The lowest BCUT2D eigenvalue weighted by molar-refractivity contribution is 0.0599. The molecule has 0 saturated heterocycles. The number of carbonyl (C=O) groups excluding carboxylic acids is 1. The van der Waals surface area contributed by atoms with Gasteiger partial charge in [-0.15, -0.1) is 0 Å². The van der Waals surface area contributed by atoms with E-state index >= 15 is 0 Å². The first-order valence-electron chi connectivity index (χ1n) is 5.59. The zero-order valence-corrected chi connectivity index (χ0v) is 12.7. The normalized spacial score (nSPS) is 10.1. The fourth-order valence-corrected chi connectivity index (χ4v) is 2.09. The maximum absolute atomic E-state index is 11.4. The lowest BCUT2D eigenvalue weighted by atomic mass is 10.2. The van der Waals surface area contributed by atoms with Crippen LogP contribution in [0.25, 0.3) is 0 Å². The lowest BCUT2D eigenvalue weighted by Crippen LogP contribution is -2.05. The highest BCUT2D eigenvalue weighted by Crippen LogP contribution is 2.22. The molecule has 5 heteroatoms. The number of aryl methyl sites for hydroxylation is 1. The largest absolute Gasteiger partial charge is 0.465 e. The van der Waals surface area contributed by atoms with Gasteiger partial charge in [-0.3, -0.25) is 0 Å². The lowest BCUT2D eigenvalue weighted by Gasteiger charge is -2.08. The number of aromatic nitrogens is 1. The number of rotatable bonds is 3. The average molecular weight is 369 g/mol. The van der Waals surface area contributed by atoms with Crippen LogP contribution in [-0.4, -0.2) is 18.1 Å². The summed E-state index contributed by atoms with van der Waals surface area (Å²) >= 11 is 2.21. The third-order valence-corrected chi connectivity index (χ3v) is 3.16. The Morgan fingerprint density at radius 1 is 1.26 bits per heavy atom. The SMILES string of the molecule is COC(=O)c1ccc(Oc2cccc(I)c2)nc1C. The Bertz CT molecular complexity index is 613. The summed E-state index contributed by atoms with van der Waals surface area (Å²) in [5, 5.41) is 0. The zero-order chi connectivity index (χ0) is 13.8. The molecule has 0 aliphatic heterocycles. The highest BCUT2D eigenvalue weighted by molar-refractivity contribution is 14.1. The van der Waals surface area contributed by atoms with Crippen LogP contribution in [0, 0.1) is 10.5 Å². The van der Waals surface area contributed by atoms with E-state index in [0.717, 1.165) is 3.57 Å². The van der Waals surface area contributed by atoms with Gasteiger partial charge in [0.25, 0.3) is 0 Å². The van der Waals surface area contributed by atoms with E-state index in [9.17, 15) is 4.79 Å². The minimum absolute atomic E-state index is 0.397. The molecule has 0 unspecified atom stereocenters. The van der Waals surface area contributed by atoms with Crippen LogP contribution in [-0.2, 0) is 4.74 Å². The van der Waals surface area contributed by atoms with Crippen LogP contribution in [0.3, 0.4) is 0 Å². The number of hydrogen-bond acceptors (Lipinski definition) is 4. The number of nitrogens with zero attached hydrogens (tertiary/aromatic N) is 1. The van der Waals surface area contributed by atoms with E-state index < -0.39 is 5.97 Å². The zero-order valence-electron chi connectivity index (χ0n) is 10.5. The second-order valence-corrected chi connectivity index (χ2v) is 5.08.